The number of aryl methyl sites for hydroxylation is 1. The van der Waals surface area contributed by atoms with Crippen molar-refractivity contribution in [3.05, 3.63) is 41.9 Å². The number of anilines is 1. The number of hydrogen-bond donors (Lipinski definition) is 2. The Morgan fingerprint density at radius 2 is 2.36 bits per heavy atom. The molecule has 1 amide bonds. The monoisotopic (exact) mass is 344 g/mol. The van der Waals surface area contributed by atoms with Crippen LogP contribution < -0.4 is 10.2 Å². The van der Waals surface area contributed by atoms with E-state index >= 15 is 0 Å². The lowest BCUT2D eigenvalue weighted by molar-refractivity contribution is 0.0253. The lowest BCUT2D eigenvalue weighted by atomic mass is 9.92. The van der Waals surface area contributed by atoms with E-state index < -0.39 is 5.60 Å². The molecule has 2 N–H and O–H groups in total. The summed E-state index contributed by atoms with van der Waals surface area (Å²) < 4.78 is 5.13. The topological polar surface area (TPSA) is 91.5 Å². The van der Waals surface area contributed by atoms with E-state index in [0.29, 0.717) is 18.7 Å². The average Bonchev–Trinajstić information content (AvgIpc) is 3.10. The maximum atomic E-state index is 12.2. The Morgan fingerprint density at radius 3 is 3.12 bits per heavy atom. The number of aromatic nitrogens is 2. The maximum Gasteiger partial charge on any atom is 0.273 e. The summed E-state index contributed by atoms with van der Waals surface area (Å²) in [6, 6.07) is 7.37. The summed E-state index contributed by atoms with van der Waals surface area (Å²) in [6.45, 7) is 3.49. The van der Waals surface area contributed by atoms with Crippen LogP contribution in [0.3, 0.4) is 0 Å². The number of hydrogen-bond acceptors (Lipinski definition) is 6. The molecule has 1 saturated heterocycles. The second kappa shape index (κ2) is 7.65. The van der Waals surface area contributed by atoms with E-state index in [9.17, 15) is 9.90 Å². The second-order valence-electron chi connectivity index (χ2n) is 6.55. The average molecular weight is 344 g/mol. The van der Waals surface area contributed by atoms with E-state index in [1.165, 1.54) is 0 Å². The van der Waals surface area contributed by atoms with E-state index in [1.807, 2.05) is 30.0 Å². The fraction of sp³-hybridized carbons (Fsp3) is 0.500. The summed E-state index contributed by atoms with van der Waals surface area (Å²) in [5, 5.41) is 17.4. The van der Waals surface area contributed by atoms with Gasteiger partial charge in [0.25, 0.3) is 5.91 Å². The number of aliphatic hydroxyl groups is 1. The molecule has 0 spiro atoms. The highest BCUT2D eigenvalue weighted by Gasteiger charge is 2.34. The van der Waals surface area contributed by atoms with Gasteiger partial charge in [-0.25, -0.2) is 4.98 Å². The van der Waals surface area contributed by atoms with Gasteiger partial charge in [0.2, 0.25) is 0 Å². The van der Waals surface area contributed by atoms with Crippen LogP contribution in [0.5, 0.6) is 0 Å². The van der Waals surface area contributed by atoms with Crippen molar-refractivity contribution >= 4 is 11.7 Å². The number of piperidine rings is 1. The van der Waals surface area contributed by atoms with Crippen LogP contribution in [0.15, 0.2) is 35.0 Å². The quantitative estimate of drug-likeness (QED) is 0.830. The van der Waals surface area contributed by atoms with Crippen molar-refractivity contribution in [1.82, 2.24) is 15.5 Å². The molecule has 0 aromatic carbocycles. The summed E-state index contributed by atoms with van der Waals surface area (Å²) in [6.07, 6.45) is 4.90. The number of β-amino-alcohol motifs (C(OH)–C–C–N with tert-alkyl or cyclic N) is 1. The lowest BCUT2D eigenvalue weighted by Crippen LogP contribution is -2.54. The molecular formula is C18H24N4O3. The summed E-state index contributed by atoms with van der Waals surface area (Å²) in [5.41, 5.74) is -0.731. The Labute approximate surface area is 147 Å². The van der Waals surface area contributed by atoms with Gasteiger partial charge in [-0.15, -0.1) is 0 Å². The number of nitrogens with one attached hydrogen (secondary N) is 1. The number of pyridine rings is 1. The third-order valence-electron chi connectivity index (χ3n) is 4.39. The second-order valence-corrected chi connectivity index (χ2v) is 6.55. The van der Waals surface area contributed by atoms with Crippen LogP contribution in [-0.2, 0) is 6.42 Å². The van der Waals surface area contributed by atoms with Crippen molar-refractivity contribution in [2.75, 3.05) is 24.5 Å². The van der Waals surface area contributed by atoms with Crippen LogP contribution >= 0.6 is 0 Å². The van der Waals surface area contributed by atoms with Crippen LogP contribution in [0.4, 0.5) is 5.82 Å². The Morgan fingerprint density at radius 1 is 1.48 bits per heavy atom. The van der Waals surface area contributed by atoms with Gasteiger partial charge in [-0.1, -0.05) is 18.1 Å². The van der Waals surface area contributed by atoms with Crippen molar-refractivity contribution < 1.29 is 14.4 Å². The standard InChI is InChI=1S/C18H24N4O3/c1-2-6-14-11-15(21-25-14)17(23)20-12-18(24)8-5-10-22(13-18)16-7-3-4-9-19-16/h3-4,7,9,11,24H,2,5-6,8,10,12-13H2,1H3,(H,20,23)/t18-/m1/s1. The molecule has 1 atom stereocenters. The van der Waals surface area contributed by atoms with Crippen molar-refractivity contribution in [2.24, 2.45) is 0 Å². The fourth-order valence-electron chi connectivity index (χ4n) is 3.11. The van der Waals surface area contributed by atoms with Gasteiger partial charge in [0.05, 0.1) is 5.60 Å². The molecule has 25 heavy (non-hydrogen) atoms. The zero-order valence-corrected chi connectivity index (χ0v) is 14.4. The number of nitrogens with zero attached hydrogens (tertiary/aromatic N) is 3. The van der Waals surface area contributed by atoms with Crippen LogP contribution in [0, 0.1) is 0 Å². The molecule has 7 heteroatoms. The smallest absolute Gasteiger partial charge is 0.273 e. The van der Waals surface area contributed by atoms with E-state index in [2.05, 4.69) is 15.5 Å². The first-order valence-corrected chi connectivity index (χ1v) is 8.72. The van der Waals surface area contributed by atoms with E-state index in [1.54, 1.807) is 12.3 Å². The van der Waals surface area contributed by atoms with Crippen molar-refractivity contribution in [3.63, 3.8) is 0 Å². The number of carbonyl (C=O) groups excluding carboxylic acids is 1. The predicted octanol–water partition coefficient (Wildman–Crippen LogP) is 1.78. The largest absolute Gasteiger partial charge is 0.386 e. The van der Waals surface area contributed by atoms with Crippen molar-refractivity contribution in [3.8, 4) is 0 Å². The van der Waals surface area contributed by atoms with Gasteiger partial charge >= 0.3 is 0 Å². The molecule has 134 valence electrons. The lowest BCUT2D eigenvalue weighted by Gasteiger charge is -2.39. The van der Waals surface area contributed by atoms with Gasteiger partial charge in [-0.05, 0) is 31.4 Å². The first kappa shape index (κ1) is 17.4. The molecule has 0 unspecified atom stereocenters. The Hall–Kier alpha value is -2.41. The van der Waals surface area contributed by atoms with Crippen LogP contribution in [-0.4, -0.2) is 46.4 Å². The molecule has 0 radical (unpaired) electrons. The summed E-state index contributed by atoms with van der Waals surface area (Å²) in [5.74, 6) is 1.22. The zero-order valence-electron chi connectivity index (χ0n) is 14.4. The Kier molecular flexibility index (Phi) is 5.33. The molecule has 2 aromatic rings. The number of rotatable bonds is 6. The molecule has 7 nitrogen and oxygen atoms in total. The molecule has 2 aromatic heterocycles. The molecule has 1 aliphatic heterocycles. The molecule has 0 saturated carbocycles. The number of carbonyl (C=O) groups is 1. The molecule has 0 aliphatic carbocycles. The van der Waals surface area contributed by atoms with Gasteiger partial charge in [0, 0.05) is 38.3 Å². The fourth-order valence-corrected chi connectivity index (χ4v) is 3.11. The molecule has 3 rings (SSSR count). The van der Waals surface area contributed by atoms with Crippen LogP contribution in [0.2, 0.25) is 0 Å². The highest BCUT2D eigenvalue weighted by atomic mass is 16.5. The zero-order chi connectivity index (χ0) is 17.7. The van der Waals surface area contributed by atoms with Gasteiger partial charge in [0.1, 0.15) is 11.6 Å². The Bertz CT molecular complexity index is 703. The first-order valence-electron chi connectivity index (χ1n) is 8.72. The van der Waals surface area contributed by atoms with Gasteiger partial charge in [0.15, 0.2) is 5.69 Å². The molecule has 1 aliphatic rings. The Balaban J connectivity index is 1.58. The maximum absolute atomic E-state index is 12.2. The van der Waals surface area contributed by atoms with Gasteiger partial charge in [-0.2, -0.15) is 0 Å². The summed E-state index contributed by atoms with van der Waals surface area (Å²) >= 11 is 0. The highest BCUT2D eigenvalue weighted by Crippen LogP contribution is 2.24. The minimum absolute atomic E-state index is 0.172. The predicted molar refractivity (Wildman–Crippen MR) is 93.5 cm³/mol. The summed E-state index contributed by atoms with van der Waals surface area (Å²) in [4.78, 5) is 18.6. The van der Waals surface area contributed by atoms with Crippen LogP contribution in [0.25, 0.3) is 0 Å². The van der Waals surface area contributed by atoms with E-state index in [0.717, 1.165) is 31.6 Å². The minimum Gasteiger partial charge on any atom is -0.386 e. The third-order valence-corrected chi connectivity index (χ3v) is 4.39. The molecule has 3 heterocycles. The summed E-state index contributed by atoms with van der Waals surface area (Å²) in [7, 11) is 0. The van der Waals surface area contributed by atoms with E-state index in [-0.39, 0.29) is 18.1 Å². The third kappa shape index (κ3) is 4.36. The normalized spacial score (nSPS) is 20.5. The molecule has 0 bridgehead atoms. The van der Waals surface area contributed by atoms with E-state index in [4.69, 9.17) is 4.52 Å². The van der Waals surface area contributed by atoms with Crippen molar-refractivity contribution in [1.29, 1.82) is 0 Å². The van der Waals surface area contributed by atoms with Gasteiger partial charge in [-0.3, -0.25) is 4.79 Å². The first-order chi connectivity index (χ1) is 12.1. The minimum atomic E-state index is -0.985. The highest BCUT2D eigenvalue weighted by molar-refractivity contribution is 5.92. The van der Waals surface area contributed by atoms with Crippen molar-refractivity contribution in [2.45, 2.75) is 38.2 Å². The molecule has 1 fully saturated rings. The van der Waals surface area contributed by atoms with Crippen LogP contribution in [0.1, 0.15) is 42.4 Å². The van der Waals surface area contributed by atoms with Gasteiger partial charge < -0.3 is 19.8 Å². The number of amides is 1. The molecular weight excluding hydrogens is 320 g/mol. The SMILES string of the molecule is CCCc1cc(C(=O)NC[C@]2(O)CCCN(c3ccccn3)C2)no1.